The minimum absolute atomic E-state index is 0.131. The Labute approximate surface area is 69.7 Å². The summed E-state index contributed by atoms with van der Waals surface area (Å²) >= 11 is 0. The number of hydrogen-bond donors (Lipinski definition) is 1. The highest BCUT2D eigenvalue weighted by atomic mass is 15.3. The number of nitrogens with one attached hydrogen (secondary N) is 1. The predicted octanol–water partition coefficient (Wildman–Crippen LogP) is 0.0112. The van der Waals surface area contributed by atoms with E-state index in [0.29, 0.717) is 11.4 Å². The second-order valence-electron chi connectivity index (χ2n) is 2.11. The molecule has 0 aliphatic heterocycles. The monoisotopic (exact) mass is 153 g/mol. The van der Waals surface area contributed by atoms with Crippen LogP contribution in [0.5, 0.6) is 0 Å². The molecular weight excluding hydrogens is 140 g/mol. The molecule has 0 unspecified atom stereocenters. The Bertz CT molecular complexity index is 360. The van der Waals surface area contributed by atoms with E-state index in [1.54, 1.807) is 13.1 Å². The van der Waals surface area contributed by atoms with E-state index in [4.69, 9.17) is 9.37 Å². The SMILES string of the molecule is [2H]C([2H])([2H])NCc1cc(C#N)n(C)n1. The fraction of sp³-hybridized carbons (Fsp3) is 0.429. The van der Waals surface area contributed by atoms with E-state index in [1.165, 1.54) is 4.68 Å². The number of nitriles is 1. The topological polar surface area (TPSA) is 53.6 Å². The summed E-state index contributed by atoms with van der Waals surface area (Å²) in [7, 11) is 1.64. The molecule has 4 nitrogen and oxygen atoms in total. The Kier molecular flexibility index (Phi) is 1.30. The highest BCUT2D eigenvalue weighted by Crippen LogP contribution is 1.99. The third kappa shape index (κ3) is 1.57. The van der Waals surface area contributed by atoms with Crippen LogP contribution in [0.3, 0.4) is 0 Å². The molecule has 0 radical (unpaired) electrons. The van der Waals surface area contributed by atoms with E-state index < -0.39 is 6.98 Å². The molecule has 1 aromatic heterocycles. The summed E-state index contributed by atoms with van der Waals surface area (Å²) in [4.78, 5) is 0. The zero-order valence-corrected chi connectivity index (χ0v) is 6.13. The van der Waals surface area contributed by atoms with Gasteiger partial charge in [-0.3, -0.25) is 4.68 Å². The molecule has 4 heteroatoms. The van der Waals surface area contributed by atoms with Gasteiger partial charge < -0.3 is 5.32 Å². The first-order valence-electron chi connectivity index (χ1n) is 4.60. The highest BCUT2D eigenvalue weighted by Gasteiger charge is 2.01. The van der Waals surface area contributed by atoms with Crippen molar-refractivity contribution in [3.8, 4) is 6.07 Å². The molecule has 11 heavy (non-hydrogen) atoms. The van der Waals surface area contributed by atoms with E-state index in [1.807, 2.05) is 6.07 Å². The van der Waals surface area contributed by atoms with Gasteiger partial charge in [0.1, 0.15) is 11.8 Å². The standard InChI is InChI=1S/C7H10N4/c1-9-5-6-3-7(4-8)11(2)10-6/h3,9H,5H2,1-2H3/i1D3. The van der Waals surface area contributed by atoms with E-state index in [-0.39, 0.29) is 6.54 Å². The average Bonchev–Trinajstić information content (AvgIpc) is 2.42. The zero-order chi connectivity index (χ0) is 10.8. The van der Waals surface area contributed by atoms with Crippen molar-refractivity contribution in [2.45, 2.75) is 6.54 Å². The van der Waals surface area contributed by atoms with Crippen molar-refractivity contribution in [2.75, 3.05) is 6.98 Å². The van der Waals surface area contributed by atoms with Gasteiger partial charge in [-0.25, -0.2) is 0 Å². The fourth-order valence-electron chi connectivity index (χ4n) is 0.808. The minimum atomic E-state index is -2.18. The maximum Gasteiger partial charge on any atom is 0.138 e. The molecule has 0 aliphatic carbocycles. The maximum atomic E-state index is 8.62. The molecule has 0 bridgehead atoms. The normalized spacial score (nSPS) is 14.7. The number of aromatic nitrogens is 2. The summed E-state index contributed by atoms with van der Waals surface area (Å²) in [5, 5.41) is 14.9. The summed E-state index contributed by atoms with van der Waals surface area (Å²) in [5.41, 5.74) is 0.951. The minimum Gasteiger partial charge on any atom is -0.314 e. The highest BCUT2D eigenvalue weighted by molar-refractivity contribution is 5.22. The molecule has 0 amide bonds. The van der Waals surface area contributed by atoms with Crippen LogP contribution < -0.4 is 5.32 Å². The molecule has 1 rings (SSSR count). The molecule has 58 valence electrons. The van der Waals surface area contributed by atoms with Crippen LogP contribution in [0.4, 0.5) is 0 Å². The summed E-state index contributed by atoms with van der Waals surface area (Å²) in [6.45, 7) is -2.05. The lowest BCUT2D eigenvalue weighted by Gasteiger charge is -1.90. The van der Waals surface area contributed by atoms with Gasteiger partial charge in [-0.1, -0.05) is 0 Å². The number of aryl methyl sites for hydroxylation is 1. The van der Waals surface area contributed by atoms with Crippen molar-refractivity contribution in [1.82, 2.24) is 15.1 Å². The molecule has 1 aromatic rings. The van der Waals surface area contributed by atoms with E-state index in [0.717, 1.165) is 0 Å². The van der Waals surface area contributed by atoms with Crippen molar-refractivity contribution in [2.24, 2.45) is 7.05 Å². The molecule has 0 atom stereocenters. The van der Waals surface area contributed by atoms with Crippen LogP contribution in [-0.4, -0.2) is 16.8 Å². The fourth-order valence-corrected chi connectivity index (χ4v) is 0.808. The van der Waals surface area contributed by atoms with Crippen LogP contribution in [-0.2, 0) is 13.6 Å². The lowest BCUT2D eigenvalue weighted by atomic mass is 10.4. The largest absolute Gasteiger partial charge is 0.314 e. The van der Waals surface area contributed by atoms with Gasteiger partial charge in [-0.2, -0.15) is 10.4 Å². The predicted molar refractivity (Wildman–Crippen MR) is 40.7 cm³/mol. The first kappa shape index (κ1) is 4.52. The second-order valence-corrected chi connectivity index (χ2v) is 2.11. The lowest BCUT2D eigenvalue weighted by molar-refractivity contribution is 0.706. The molecule has 0 aromatic carbocycles. The first-order valence-corrected chi connectivity index (χ1v) is 3.10. The Hall–Kier alpha value is -1.34. The van der Waals surface area contributed by atoms with Gasteiger partial charge in [0.25, 0.3) is 0 Å². The molecular formula is C7H10N4. The van der Waals surface area contributed by atoms with Crippen molar-refractivity contribution < 1.29 is 4.11 Å². The Morgan fingerprint density at radius 1 is 2.00 bits per heavy atom. The van der Waals surface area contributed by atoms with Crippen molar-refractivity contribution >= 4 is 0 Å². The van der Waals surface area contributed by atoms with E-state index in [9.17, 15) is 0 Å². The van der Waals surface area contributed by atoms with Crippen LogP contribution in [0.2, 0.25) is 0 Å². The first-order chi connectivity index (χ1) is 6.42. The Morgan fingerprint density at radius 2 is 2.82 bits per heavy atom. The molecule has 0 fully saturated rings. The molecule has 0 spiro atoms. The molecule has 0 aliphatic rings. The number of hydrogen-bond acceptors (Lipinski definition) is 3. The van der Waals surface area contributed by atoms with Crippen LogP contribution in [0, 0.1) is 11.3 Å². The van der Waals surface area contributed by atoms with Gasteiger partial charge in [-0.05, 0) is 13.0 Å². The van der Waals surface area contributed by atoms with Gasteiger partial charge in [0.2, 0.25) is 0 Å². The van der Waals surface area contributed by atoms with Crippen LogP contribution in [0.1, 0.15) is 15.5 Å². The van der Waals surface area contributed by atoms with Crippen molar-refractivity contribution in [3.05, 3.63) is 17.5 Å². The van der Waals surface area contributed by atoms with Gasteiger partial charge in [-0.15, -0.1) is 0 Å². The van der Waals surface area contributed by atoms with Crippen molar-refractivity contribution in [1.29, 1.82) is 5.26 Å². The molecule has 0 saturated heterocycles. The van der Waals surface area contributed by atoms with Crippen LogP contribution in [0.25, 0.3) is 0 Å². The van der Waals surface area contributed by atoms with Gasteiger partial charge in [0.15, 0.2) is 0 Å². The van der Waals surface area contributed by atoms with Gasteiger partial charge in [0, 0.05) is 17.7 Å². The number of rotatable bonds is 2. The molecule has 1 heterocycles. The Morgan fingerprint density at radius 3 is 3.36 bits per heavy atom. The second kappa shape index (κ2) is 3.17. The third-order valence-electron chi connectivity index (χ3n) is 1.31. The van der Waals surface area contributed by atoms with E-state index >= 15 is 0 Å². The summed E-state index contributed by atoms with van der Waals surface area (Å²) in [6, 6.07) is 3.50. The van der Waals surface area contributed by atoms with Crippen LogP contribution in [0.15, 0.2) is 6.07 Å². The van der Waals surface area contributed by atoms with Crippen LogP contribution >= 0.6 is 0 Å². The average molecular weight is 153 g/mol. The molecule has 0 saturated carbocycles. The van der Waals surface area contributed by atoms with Gasteiger partial charge in [0.05, 0.1) is 5.69 Å². The summed E-state index contributed by atoms with van der Waals surface area (Å²) in [6.07, 6.45) is 0. The summed E-state index contributed by atoms with van der Waals surface area (Å²) in [5.74, 6) is 0. The molecule has 1 N–H and O–H groups in total. The van der Waals surface area contributed by atoms with E-state index in [2.05, 4.69) is 10.4 Å². The lowest BCUT2D eigenvalue weighted by Crippen LogP contribution is -2.05. The summed E-state index contributed by atoms with van der Waals surface area (Å²) < 4.78 is 22.1. The van der Waals surface area contributed by atoms with Crippen molar-refractivity contribution in [3.63, 3.8) is 0 Å². The smallest absolute Gasteiger partial charge is 0.138 e. The quantitative estimate of drug-likeness (QED) is 0.651. The third-order valence-corrected chi connectivity index (χ3v) is 1.31. The maximum absolute atomic E-state index is 8.62. The Balaban J connectivity index is 2.66. The van der Waals surface area contributed by atoms with Gasteiger partial charge >= 0.3 is 0 Å². The zero-order valence-electron chi connectivity index (χ0n) is 9.13. The number of nitrogens with zero attached hydrogens (tertiary/aromatic N) is 3.